The third kappa shape index (κ3) is 29.6. The Balaban J connectivity index is 3.30. The number of primary amides is 1. The molecule has 0 fully saturated rings. The normalized spacial score (nSPS) is 14.3. The van der Waals surface area contributed by atoms with E-state index in [2.05, 4.69) is 49.5 Å². The molecule has 0 saturated heterocycles. The van der Waals surface area contributed by atoms with Crippen LogP contribution in [0.1, 0.15) is 175 Å². The van der Waals surface area contributed by atoms with Crippen LogP contribution in [0.15, 0.2) is 24.3 Å². The van der Waals surface area contributed by atoms with Crippen LogP contribution < -0.4 is 59.7 Å². The topological polar surface area (TPSA) is 375 Å². The number of aliphatic hydroxyl groups excluding tert-OH is 1. The Labute approximate surface area is 445 Å². The van der Waals surface area contributed by atoms with Gasteiger partial charge in [-0.15, -0.1) is 0 Å². The summed E-state index contributed by atoms with van der Waals surface area (Å²) >= 11 is 0. The highest BCUT2D eigenvalue weighted by Gasteiger charge is 2.36. The molecule has 0 aliphatic rings. The number of benzene rings is 1. The zero-order valence-corrected chi connectivity index (χ0v) is 45.5. The van der Waals surface area contributed by atoms with Gasteiger partial charge in [-0.2, -0.15) is 0 Å². The van der Waals surface area contributed by atoms with Gasteiger partial charge in [0.1, 0.15) is 42.0 Å². The minimum atomic E-state index is -1.50. The van der Waals surface area contributed by atoms with E-state index in [-0.39, 0.29) is 63.2 Å². The first-order valence-electron chi connectivity index (χ1n) is 27.3. The molecular weight excluding hydrogens is 965 g/mol. The number of hydrogen-bond acceptors (Lipinski definition) is 12. The highest BCUT2D eigenvalue weighted by atomic mass is 16.3. The molecule has 8 amide bonds. The number of aromatic hydroxyl groups is 1. The summed E-state index contributed by atoms with van der Waals surface area (Å²) in [5.41, 5.74) is 17.1. The molecule has 0 heterocycles. The van der Waals surface area contributed by atoms with Crippen LogP contribution in [0.4, 0.5) is 0 Å². The third-order valence-corrected chi connectivity index (χ3v) is 13.1. The van der Waals surface area contributed by atoms with E-state index in [1.807, 2.05) is 0 Å². The molecule has 0 aliphatic heterocycles. The number of aliphatic hydroxyl groups is 1. The molecule has 17 N–H and O–H groups in total. The van der Waals surface area contributed by atoms with Crippen LogP contribution in [0.3, 0.4) is 0 Å². The molecule has 0 aromatic heterocycles. The van der Waals surface area contributed by atoms with Crippen LogP contribution in [-0.2, 0) is 44.8 Å². The van der Waals surface area contributed by atoms with Crippen LogP contribution in [0.25, 0.3) is 0 Å². The fourth-order valence-electron chi connectivity index (χ4n) is 8.34. The molecule has 22 heteroatoms. The predicted molar refractivity (Wildman–Crippen MR) is 289 cm³/mol. The average Bonchev–Trinajstić information content (AvgIpc) is 3.37. The van der Waals surface area contributed by atoms with Gasteiger partial charge in [-0.1, -0.05) is 116 Å². The summed E-state index contributed by atoms with van der Waals surface area (Å²) in [6, 6.07) is -2.11. The van der Waals surface area contributed by atoms with E-state index >= 15 is 0 Å². The second-order valence-corrected chi connectivity index (χ2v) is 19.7. The summed E-state index contributed by atoms with van der Waals surface area (Å²) in [6.45, 7) is 7.55. The maximum absolute atomic E-state index is 14.3. The Kier molecular flexibility index (Phi) is 35.2. The Hall–Kier alpha value is -6.03. The summed E-state index contributed by atoms with van der Waals surface area (Å²) < 4.78 is 0. The zero-order chi connectivity index (χ0) is 56.1. The second-order valence-electron chi connectivity index (χ2n) is 19.7. The molecule has 1 rings (SSSR count). The summed E-state index contributed by atoms with van der Waals surface area (Å²) in [5, 5.41) is 49.2. The van der Waals surface area contributed by atoms with Gasteiger partial charge in [-0.05, 0) is 82.0 Å². The highest BCUT2D eigenvalue weighted by molar-refractivity contribution is 5.97. The molecule has 1 aromatic rings. The van der Waals surface area contributed by atoms with Crippen LogP contribution in [0, 0.1) is 11.3 Å². The van der Waals surface area contributed by atoms with Gasteiger partial charge >= 0.3 is 0 Å². The number of likely N-dealkylation sites (N-methyl/N-ethyl adjacent to an activating group) is 1. The number of unbranched alkanes of at least 4 members (excludes halogenated alkanes) is 13. The van der Waals surface area contributed by atoms with E-state index in [0.717, 1.165) is 25.7 Å². The van der Waals surface area contributed by atoms with Gasteiger partial charge in [-0.3, -0.25) is 43.8 Å². The first-order chi connectivity index (χ1) is 35.8. The van der Waals surface area contributed by atoms with Gasteiger partial charge in [0.2, 0.25) is 47.3 Å². The van der Waals surface area contributed by atoms with Crippen LogP contribution in [0.2, 0.25) is 0 Å². The van der Waals surface area contributed by atoms with Crippen molar-refractivity contribution in [3.8, 4) is 5.75 Å². The Bertz CT molecular complexity index is 1890. The number of nitrogens with one attached hydrogen (secondary N) is 9. The van der Waals surface area contributed by atoms with Crippen molar-refractivity contribution in [3.63, 3.8) is 0 Å². The molecule has 426 valence electrons. The van der Waals surface area contributed by atoms with E-state index < -0.39 is 95.5 Å². The van der Waals surface area contributed by atoms with Gasteiger partial charge < -0.3 is 69.9 Å². The Morgan fingerprint density at radius 3 is 1.55 bits per heavy atom. The number of guanidine groups is 1. The monoisotopic (exact) mass is 1060 g/mol. The number of phenols is 1. The van der Waals surface area contributed by atoms with Crippen molar-refractivity contribution < 1.29 is 48.6 Å². The van der Waals surface area contributed by atoms with Gasteiger partial charge in [-0.25, -0.2) is 0 Å². The minimum Gasteiger partial charge on any atom is -0.508 e. The lowest BCUT2D eigenvalue weighted by Crippen LogP contribution is -2.61. The molecule has 22 nitrogen and oxygen atoms in total. The minimum absolute atomic E-state index is 0.0000803. The number of carbonyl (C=O) groups excluding carboxylic acids is 8. The quantitative estimate of drug-likeness (QED) is 0.0254. The summed E-state index contributed by atoms with van der Waals surface area (Å²) in [4.78, 5) is 108. The molecule has 0 aliphatic carbocycles. The number of rotatable bonds is 42. The second kappa shape index (κ2) is 39.4. The van der Waals surface area contributed by atoms with Crippen molar-refractivity contribution in [2.24, 2.45) is 23.1 Å². The number of hydrogen-bond donors (Lipinski definition) is 14. The molecule has 0 bridgehead atoms. The highest BCUT2D eigenvalue weighted by Crippen LogP contribution is 2.16. The van der Waals surface area contributed by atoms with Gasteiger partial charge in [0.15, 0.2) is 5.96 Å². The van der Waals surface area contributed by atoms with Crippen LogP contribution >= 0.6 is 0 Å². The lowest BCUT2D eigenvalue weighted by Gasteiger charge is -2.30. The molecule has 75 heavy (non-hydrogen) atoms. The van der Waals surface area contributed by atoms with Crippen molar-refractivity contribution in [2.45, 2.75) is 218 Å². The lowest BCUT2D eigenvalue weighted by molar-refractivity contribution is -0.137. The van der Waals surface area contributed by atoms with E-state index in [1.165, 1.54) is 89.6 Å². The molecule has 0 saturated carbocycles. The molecule has 0 unspecified atom stereocenters. The maximum Gasteiger partial charge on any atom is 0.245 e. The SMILES string of the molecule is CCCCCCCCCCCCCCCC(=O)N[C@H](C(=O)N[C@H](C(=O)N[C@@H](CCC(N)=O)C(=O)N[C@@H](Cc1ccc(O)cc1)C(=O)N[C@@H](CCCNC(=N)N)C(=O)N[C@@H](CCCCN)C(=O)NC)[C@@H](C)CC)[C@@H](C)O. The van der Waals surface area contributed by atoms with Crippen LogP contribution in [-0.4, -0.2) is 126 Å². The van der Waals surface area contributed by atoms with Crippen molar-refractivity contribution in [1.29, 1.82) is 5.41 Å². The third-order valence-electron chi connectivity index (χ3n) is 13.1. The first kappa shape index (κ1) is 67.0. The van der Waals surface area contributed by atoms with Gasteiger partial charge in [0.05, 0.1) is 6.10 Å². The van der Waals surface area contributed by atoms with Crippen molar-refractivity contribution in [3.05, 3.63) is 29.8 Å². The molecule has 1 aromatic carbocycles. The molecule has 0 radical (unpaired) electrons. The van der Waals surface area contributed by atoms with Gasteiger partial charge in [0, 0.05) is 32.9 Å². The van der Waals surface area contributed by atoms with Crippen molar-refractivity contribution >= 4 is 53.2 Å². The van der Waals surface area contributed by atoms with Crippen molar-refractivity contribution in [1.82, 2.24) is 42.5 Å². The van der Waals surface area contributed by atoms with E-state index in [0.29, 0.717) is 37.8 Å². The van der Waals surface area contributed by atoms with E-state index in [4.69, 9.17) is 22.6 Å². The largest absolute Gasteiger partial charge is 0.508 e. The van der Waals surface area contributed by atoms with Gasteiger partial charge in [0.25, 0.3) is 0 Å². The summed E-state index contributed by atoms with van der Waals surface area (Å²) in [5.74, 6) is -6.77. The number of amides is 8. The maximum atomic E-state index is 14.3. The standard InChI is InChI=1S/C53H94N12O10/c1-6-8-9-10-11-12-13-14-15-16-17-18-19-25-44(69)64-46(36(4)66)52(75)65-45(35(3)7-2)51(74)62-41(30-31-43(55)68)49(72)63-42(34-37-26-28-38(67)29-27-37)50(73)61-40(24-22-33-59-53(56)57)48(71)60-39(47(70)58-5)23-20-21-32-54/h26-29,35-36,39-42,45-46,66-67H,6-25,30-34,54H2,1-5H3,(H2,55,68)(H,58,70)(H,60,71)(H,61,73)(H,62,74)(H,63,72)(H,64,69)(H,65,75)(H4,56,57,59)/t35-,36+,39-,40-,41-,42-,45-,46-/m0/s1. The Morgan fingerprint density at radius 1 is 0.560 bits per heavy atom. The van der Waals surface area contributed by atoms with E-state index in [9.17, 15) is 48.6 Å². The predicted octanol–water partition coefficient (Wildman–Crippen LogP) is 2.16. The number of nitrogens with two attached hydrogens (primary N) is 3. The average molecular weight is 1060 g/mol. The fourth-order valence-corrected chi connectivity index (χ4v) is 8.34. The summed E-state index contributed by atoms with van der Waals surface area (Å²) in [6.07, 6.45) is 14.7. The molecular formula is C53H94N12O10. The smallest absolute Gasteiger partial charge is 0.245 e. The van der Waals surface area contributed by atoms with Crippen LogP contribution in [0.5, 0.6) is 5.75 Å². The first-order valence-corrected chi connectivity index (χ1v) is 27.3. The van der Waals surface area contributed by atoms with E-state index in [1.54, 1.807) is 13.8 Å². The number of phenolic OH excluding ortho intramolecular Hbond substituents is 1. The van der Waals surface area contributed by atoms with Crippen molar-refractivity contribution in [2.75, 3.05) is 20.1 Å². The number of carbonyl (C=O) groups is 8. The Morgan fingerprint density at radius 2 is 1.04 bits per heavy atom. The fraction of sp³-hybridized carbons (Fsp3) is 0.717. The molecule has 0 spiro atoms. The lowest BCUT2D eigenvalue weighted by atomic mass is 9.96. The summed E-state index contributed by atoms with van der Waals surface area (Å²) in [7, 11) is 1.42. The zero-order valence-electron chi connectivity index (χ0n) is 45.5. The molecule has 8 atom stereocenters.